The fourth-order valence-corrected chi connectivity index (χ4v) is 3.71. The monoisotopic (exact) mass is 316 g/mol. The second kappa shape index (κ2) is 7.06. The third-order valence-corrected chi connectivity index (χ3v) is 4.99. The van der Waals surface area contributed by atoms with Crippen LogP contribution in [0.5, 0.6) is 0 Å². The largest absolute Gasteiger partial charge is 0.350 e. The number of hydrogen-bond donors (Lipinski definition) is 1. The minimum atomic E-state index is 0.634. The van der Waals surface area contributed by atoms with Crippen molar-refractivity contribution in [3.63, 3.8) is 0 Å². The molecule has 1 unspecified atom stereocenters. The molecule has 0 aliphatic carbocycles. The van der Waals surface area contributed by atoms with Crippen LogP contribution in [0.25, 0.3) is 11.1 Å². The SMILES string of the molecule is c1ccc(C2CCCNC2)c(-c2ccc(Cn3cccc3)cc2)c1. The number of aromatic nitrogens is 1. The average molecular weight is 316 g/mol. The lowest BCUT2D eigenvalue weighted by atomic mass is 9.86. The van der Waals surface area contributed by atoms with Gasteiger partial charge in [-0.05, 0) is 59.7 Å². The molecule has 2 aromatic carbocycles. The maximum atomic E-state index is 3.54. The summed E-state index contributed by atoms with van der Waals surface area (Å²) in [4.78, 5) is 0. The van der Waals surface area contributed by atoms with Crippen LogP contribution in [-0.2, 0) is 6.54 Å². The molecule has 1 saturated heterocycles. The normalized spacial score (nSPS) is 17.8. The zero-order chi connectivity index (χ0) is 16.2. The molecular formula is C22H24N2. The zero-order valence-electron chi connectivity index (χ0n) is 14.0. The van der Waals surface area contributed by atoms with Crippen molar-refractivity contribution in [1.29, 1.82) is 0 Å². The summed E-state index contributed by atoms with van der Waals surface area (Å²) >= 11 is 0. The number of piperidine rings is 1. The Morgan fingerprint density at radius 2 is 1.71 bits per heavy atom. The molecule has 122 valence electrons. The smallest absolute Gasteiger partial charge is 0.0470 e. The minimum absolute atomic E-state index is 0.634. The van der Waals surface area contributed by atoms with E-state index in [4.69, 9.17) is 0 Å². The second-order valence-electron chi connectivity index (χ2n) is 6.68. The first-order valence-corrected chi connectivity index (χ1v) is 8.90. The molecule has 1 N–H and O–H groups in total. The van der Waals surface area contributed by atoms with Crippen LogP contribution >= 0.6 is 0 Å². The zero-order valence-corrected chi connectivity index (χ0v) is 14.0. The van der Waals surface area contributed by atoms with Gasteiger partial charge in [0.1, 0.15) is 0 Å². The fourth-order valence-electron chi connectivity index (χ4n) is 3.71. The number of benzene rings is 2. The number of nitrogens with zero attached hydrogens (tertiary/aromatic N) is 1. The Balaban J connectivity index is 1.59. The third-order valence-electron chi connectivity index (χ3n) is 4.99. The Hall–Kier alpha value is -2.32. The Morgan fingerprint density at radius 1 is 0.917 bits per heavy atom. The maximum absolute atomic E-state index is 3.54. The molecule has 0 amide bonds. The lowest BCUT2D eigenvalue weighted by Gasteiger charge is -2.25. The molecule has 4 rings (SSSR count). The van der Waals surface area contributed by atoms with E-state index in [0.29, 0.717) is 5.92 Å². The lowest BCUT2D eigenvalue weighted by Crippen LogP contribution is -2.28. The first-order valence-electron chi connectivity index (χ1n) is 8.90. The molecule has 1 aromatic heterocycles. The summed E-state index contributed by atoms with van der Waals surface area (Å²) in [6.07, 6.45) is 6.78. The Labute approximate surface area is 144 Å². The maximum Gasteiger partial charge on any atom is 0.0470 e. The van der Waals surface area contributed by atoms with Crippen LogP contribution in [0.1, 0.15) is 29.9 Å². The van der Waals surface area contributed by atoms with Gasteiger partial charge in [0.25, 0.3) is 0 Å². The molecule has 1 aliphatic rings. The van der Waals surface area contributed by atoms with Crippen molar-refractivity contribution in [2.45, 2.75) is 25.3 Å². The van der Waals surface area contributed by atoms with Gasteiger partial charge in [-0.15, -0.1) is 0 Å². The summed E-state index contributed by atoms with van der Waals surface area (Å²) in [6.45, 7) is 3.19. The quantitative estimate of drug-likeness (QED) is 0.740. The average Bonchev–Trinajstić information content (AvgIpc) is 3.16. The van der Waals surface area contributed by atoms with Gasteiger partial charge >= 0.3 is 0 Å². The first-order chi connectivity index (χ1) is 11.9. The molecule has 1 atom stereocenters. The molecule has 2 nitrogen and oxygen atoms in total. The molecule has 0 bridgehead atoms. The number of hydrogen-bond acceptors (Lipinski definition) is 1. The van der Waals surface area contributed by atoms with Gasteiger partial charge < -0.3 is 9.88 Å². The summed E-state index contributed by atoms with van der Waals surface area (Å²) < 4.78 is 2.21. The lowest BCUT2D eigenvalue weighted by molar-refractivity contribution is 0.462. The number of rotatable bonds is 4. The molecule has 1 aliphatic heterocycles. The predicted octanol–water partition coefficient (Wildman–Crippen LogP) is 4.67. The highest BCUT2D eigenvalue weighted by Gasteiger charge is 2.18. The summed E-state index contributed by atoms with van der Waals surface area (Å²) in [5, 5.41) is 3.54. The van der Waals surface area contributed by atoms with E-state index in [0.717, 1.165) is 19.6 Å². The molecular weight excluding hydrogens is 292 g/mol. The molecule has 1 fully saturated rings. The molecule has 2 heterocycles. The summed E-state index contributed by atoms with van der Waals surface area (Å²) in [7, 11) is 0. The topological polar surface area (TPSA) is 17.0 Å². The van der Waals surface area contributed by atoms with Gasteiger partial charge in [0.05, 0.1) is 0 Å². The Kier molecular flexibility index (Phi) is 4.48. The van der Waals surface area contributed by atoms with Gasteiger partial charge in [-0.1, -0.05) is 48.5 Å². The van der Waals surface area contributed by atoms with Crippen LogP contribution in [0.15, 0.2) is 73.1 Å². The van der Waals surface area contributed by atoms with Crippen molar-refractivity contribution in [2.24, 2.45) is 0 Å². The van der Waals surface area contributed by atoms with Crippen LogP contribution in [0.3, 0.4) is 0 Å². The predicted molar refractivity (Wildman–Crippen MR) is 100 cm³/mol. The van der Waals surface area contributed by atoms with Gasteiger partial charge in [-0.3, -0.25) is 0 Å². The summed E-state index contributed by atoms with van der Waals surface area (Å²) in [5.74, 6) is 0.634. The summed E-state index contributed by atoms with van der Waals surface area (Å²) in [5.41, 5.74) is 5.54. The third kappa shape index (κ3) is 3.29. The van der Waals surface area contributed by atoms with Crippen molar-refractivity contribution in [2.75, 3.05) is 13.1 Å². The highest BCUT2D eigenvalue weighted by atomic mass is 14.9. The van der Waals surface area contributed by atoms with E-state index >= 15 is 0 Å². The van der Waals surface area contributed by atoms with Crippen molar-refractivity contribution >= 4 is 0 Å². The highest BCUT2D eigenvalue weighted by molar-refractivity contribution is 5.68. The molecule has 2 heteroatoms. The van der Waals surface area contributed by atoms with Crippen molar-refractivity contribution in [3.8, 4) is 11.1 Å². The van der Waals surface area contributed by atoms with E-state index in [9.17, 15) is 0 Å². The molecule has 0 radical (unpaired) electrons. The standard InChI is InChI=1S/C22H24N2/c1-2-8-22(20-6-5-13-23-16-20)21(7-1)19-11-9-18(10-12-19)17-24-14-3-4-15-24/h1-4,7-12,14-15,20,23H,5-6,13,16-17H2. The van der Waals surface area contributed by atoms with E-state index in [2.05, 4.69) is 82.9 Å². The minimum Gasteiger partial charge on any atom is -0.350 e. The van der Waals surface area contributed by atoms with E-state index < -0.39 is 0 Å². The Bertz CT molecular complexity index is 766. The fraction of sp³-hybridized carbons (Fsp3) is 0.273. The summed E-state index contributed by atoms with van der Waals surface area (Å²) in [6, 6.07) is 22.1. The molecule has 24 heavy (non-hydrogen) atoms. The van der Waals surface area contributed by atoms with E-state index in [1.807, 2.05) is 0 Å². The van der Waals surface area contributed by atoms with Crippen molar-refractivity contribution < 1.29 is 0 Å². The van der Waals surface area contributed by atoms with Gasteiger partial charge in [0, 0.05) is 25.5 Å². The number of nitrogens with one attached hydrogen (secondary N) is 1. The second-order valence-corrected chi connectivity index (χ2v) is 6.68. The van der Waals surface area contributed by atoms with E-state index in [-0.39, 0.29) is 0 Å². The first kappa shape index (κ1) is 15.2. The van der Waals surface area contributed by atoms with E-state index in [1.54, 1.807) is 0 Å². The van der Waals surface area contributed by atoms with Gasteiger partial charge in [0.15, 0.2) is 0 Å². The van der Waals surface area contributed by atoms with Crippen LogP contribution in [0.4, 0.5) is 0 Å². The van der Waals surface area contributed by atoms with Gasteiger partial charge in [-0.2, -0.15) is 0 Å². The van der Waals surface area contributed by atoms with Crippen LogP contribution in [-0.4, -0.2) is 17.7 Å². The van der Waals surface area contributed by atoms with Gasteiger partial charge in [-0.25, -0.2) is 0 Å². The highest BCUT2D eigenvalue weighted by Crippen LogP contribution is 2.32. The van der Waals surface area contributed by atoms with Crippen LogP contribution in [0.2, 0.25) is 0 Å². The molecule has 0 saturated carbocycles. The Morgan fingerprint density at radius 3 is 2.46 bits per heavy atom. The van der Waals surface area contributed by atoms with Crippen molar-refractivity contribution in [3.05, 3.63) is 84.2 Å². The van der Waals surface area contributed by atoms with Crippen LogP contribution < -0.4 is 5.32 Å². The van der Waals surface area contributed by atoms with Crippen LogP contribution in [0, 0.1) is 0 Å². The van der Waals surface area contributed by atoms with Crippen molar-refractivity contribution in [1.82, 2.24) is 9.88 Å². The molecule has 3 aromatic rings. The van der Waals surface area contributed by atoms with E-state index in [1.165, 1.54) is 35.1 Å². The molecule has 0 spiro atoms. The van der Waals surface area contributed by atoms with Gasteiger partial charge in [0.2, 0.25) is 0 Å².